The summed E-state index contributed by atoms with van der Waals surface area (Å²) in [5, 5.41) is 5.51. The van der Waals surface area contributed by atoms with Crippen LogP contribution in [0.3, 0.4) is 0 Å². The standard InChI is InChI=1S/C4H6BF3N3OS.K/c1-11-3(12)9-10-4(11)13-2-5(6,7)8;/h2H2,1H3,(H,9,12);/q-1;+1. The second kappa shape index (κ2) is 5.75. The largest absolute Gasteiger partial charge is 1.00 e. The molecule has 1 aromatic rings. The molecule has 1 N–H and O–H groups in total. The second-order valence-electron chi connectivity index (χ2n) is 2.39. The minimum absolute atomic E-state index is 0. The Kier molecular flexibility index (Phi) is 6.07. The number of nitrogens with one attached hydrogen (secondary N) is 1. The predicted molar refractivity (Wildman–Crippen MR) is 43.6 cm³/mol. The van der Waals surface area contributed by atoms with Gasteiger partial charge >= 0.3 is 64.1 Å². The van der Waals surface area contributed by atoms with Crippen LogP contribution in [0.1, 0.15) is 0 Å². The Balaban J connectivity index is 0.00000169. The number of hydrogen-bond acceptors (Lipinski definition) is 3. The van der Waals surface area contributed by atoms with Gasteiger partial charge in [0.15, 0.2) is 5.16 Å². The van der Waals surface area contributed by atoms with Gasteiger partial charge in [-0.05, 0) is 5.65 Å². The Bertz CT molecular complexity index is 350. The van der Waals surface area contributed by atoms with Crippen LogP contribution in [-0.4, -0.2) is 27.4 Å². The molecule has 0 aliphatic carbocycles. The third-order valence-corrected chi connectivity index (χ3v) is 2.41. The summed E-state index contributed by atoms with van der Waals surface area (Å²) in [5.41, 5.74) is -1.50. The molecule has 14 heavy (non-hydrogen) atoms. The maximum absolute atomic E-state index is 11.8. The van der Waals surface area contributed by atoms with Crippen molar-refractivity contribution in [3.8, 4) is 0 Å². The molecule has 10 heteroatoms. The van der Waals surface area contributed by atoms with Crippen molar-refractivity contribution < 1.29 is 64.3 Å². The van der Waals surface area contributed by atoms with Gasteiger partial charge in [0.2, 0.25) is 0 Å². The van der Waals surface area contributed by atoms with E-state index >= 15 is 0 Å². The van der Waals surface area contributed by atoms with Gasteiger partial charge in [-0.1, -0.05) is 0 Å². The molecular weight excluding hydrogens is 245 g/mol. The molecule has 0 atom stereocenters. The predicted octanol–water partition coefficient (Wildman–Crippen LogP) is -2.41. The average molecular weight is 251 g/mol. The fourth-order valence-corrected chi connectivity index (χ4v) is 1.36. The molecule has 0 bridgehead atoms. The zero-order chi connectivity index (χ0) is 10.1. The molecule has 74 valence electrons. The van der Waals surface area contributed by atoms with Gasteiger partial charge in [0.25, 0.3) is 0 Å². The minimum Gasteiger partial charge on any atom is -0.448 e. The third-order valence-electron chi connectivity index (χ3n) is 1.24. The molecule has 0 saturated carbocycles. The Labute approximate surface area is 124 Å². The molecule has 0 aromatic carbocycles. The van der Waals surface area contributed by atoms with Crippen LogP contribution in [0, 0.1) is 0 Å². The monoisotopic (exact) mass is 251 g/mol. The van der Waals surface area contributed by atoms with E-state index < -0.39 is 18.3 Å². The Morgan fingerprint density at radius 1 is 1.57 bits per heavy atom. The Morgan fingerprint density at radius 2 is 2.14 bits per heavy atom. The van der Waals surface area contributed by atoms with Crippen LogP contribution in [0.4, 0.5) is 12.9 Å². The summed E-state index contributed by atoms with van der Waals surface area (Å²) in [5.74, 6) is 0. The summed E-state index contributed by atoms with van der Waals surface area (Å²) >= 11 is 0.498. The van der Waals surface area contributed by atoms with Gasteiger partial charge in [0.05, 0.1) is 0 Å². The molecule has 4 nitrogen and oxygen atoms in total. The molecule has 0 aliphatic rings. The number of rotatable bonds is 3. The van der Waals surface area contributed by atoms with Crippen molar-refractivity contribution in [1.82, 2.24) is 14.8 Å². The van der Waals surface area contributed by atoms with Crippen molar-refractivity contribution in [3.63, 3.8) is 0 Å². The van der Waals surface area contributed by atoms with E-state index in [-0.39, 0.29) is 56.5 Å². The van der Waals surface area contributed by atoms with Crippen molar-refractivity contribution in [2.75, 3.05) is 5.65 Å². The maximum Gasteiger partial charge on any atom is 1.00 e. The first kappa shape index (κ1) is 14.8. The fourth-order valence-electron chi connectivity index (χ4n) is 0.631. The Hall–Kier alpha value is 0.781. The van der Waals surface area contributed by atoms with E-state index in [0.717, 1.165) is 4.57 Å². The molecule has 0 spiro atoms. The second-order valence-corrected chi connectivity index (χ2v) is 3.38. The molecule has 0 aliphatic heterocycles. The van der Waals surface area contributed by atoms with Gasteiger partial charge in [0, 0.05) is 7.05 Å². The molecule has 0 unspecified atom stereocenters. The molecule has 0 saturated heterocycles. The number of H-pyrrole nitrogens is 1. The van der Waals surface area contributed by atoms with E-state index in [1.54, 1.807) is 0 Å². The van der Waals surface area contributed by atoms with Gasteiger partial charge in [0.1, 0.15) is 0 Å². The summed E-state index contributed by atoms with van der Waals surface area (Å²) in [6, 6.07) is 0. The summed E-state index contributed by atoms with van der Waals surface area (Å²) in [4.78, 5) is 10.7. The summed E-state index contributed by atoms with van der Waals surface area (Å²) < 4.78 is 36.4. The number of halogens is 3. The molecular formula is C4H6BF3KN3OS. The zero-order valence-corrected chi connectivity index (χ0v) is 11.6. The number of nitrogens with zero attached hydrogens (tertiary/aromatic N) is 2. The van der Waals surface area contributed by atoms with Crippen LogP contribution in [0.2, 0.25) is 0 Å². The molecule has 1 heterocycles. The van der Waals surface area contributed by atoms with Gasteiger partial charge in [-0.15, -0.1) is 16.9 Å². The number of thioether (sulfide) groups is 1. The van der Waals surface area contributed by atoms with Crippen LogP contribution >= 0.6 is 11.8 Å². The van der Waals surface area contributed by atoms with Crippen LogP contribution in [-0.2, 0) is 7.05 Å². The summed E-state index contributed by atoms with van der Waals surface area (Å²) in [6.07, 6.45) is 0. The number of aromatic amines is 1. The van der Waals surface area contributed by atoms with E-state index in [9.17, 15) is 17.7 Å². The topological polar surface area (TPSA) is 50.7 Å². The SMILES string of the molecule is Cn1c(SC[B-](F)(F)F)n[nH]c1=O.[K+]. The summed E-state index contributed by atoms with van der Waals surface area (Å²) in [7, 11) is 1.36. The molecule has 0 radical (unpaired) electrons. The van der Waals surface area contributed by atoms with Gasteiger partial charge in [-0.2, -0.15) is 0 Å². The maximum atomic E-state index is 11.8. The van der Waals surface area contributed by atoms with E-state index in [0.29, 0.717) is 11.8 Å². The van der Waals surface area contributed by atoms with Crippen molar-refractivity contribution in [3.05, 3.63) is 10.5 Å². The number of aromatic nitrogens is 3. The molecule has 1 aromatic heterocycles. The minimum atomic E-state index is -4.84. The van der Waals surface area contributed by atoms with E-state index in [1.165, 1.54) is 7.05 Å². The average Bonchev–Trinajstić information content (AvgIpc) is 2.29. The fraction of sp³-hybridized carbons (Fsp3) is 0.500. The first-order chi connectivity index (χ1) is 5.90. The first-order valence-electron chi connectivity index (χ1n) is 3.35. The van der Waals surface area contributed by atoms with Crippen molar-refractivity contribution >= 4 is 18.7 Å². The third kappa shape index (κ3) is 4.53. The van der Waals surface area contributed by atoms with Crippen LogP contribution in [0.25, 0.3) is 0 Å². The normalized spacial score (nSPS) is 11.1. The van der Waals surface area contributed by atoms with E-state index in [2.05, 4.69) is 5.10 Å². The zero-order valence-electron chi connectivity index (χ0n) is 7.63. The smallest absolute Gasteiger partial charge is 0.448 e. The Morgan fingerprint density at radius 3 is 2.50 bits per heavy atom. The van der Waals surface area contributed by atoms with Crippen LogP contribution in [0.15, 0.2) is 9.95 Å². The van der Waals surface area contributed by atoms with Crippen molar-refractivity contribution in [2.24, 2.45) is 7.05 Å². The van der Waals surface area contributed by atoms with E-state index in [1.807, 2.05) is 5.10 Å². The molecule has 0 amide bonds. The van der Waals surface area contributed by atoms with Crippen molar-refractivity contribution in [2.45, 2.75) is 5.16 Å². The summed E-state index contributed by atoms with van der Waals surface area (Å²) in [6.45, 7) is -4.84. The number of hydrogen-bond donors (Lipinski definition) is 1. The van der Waals surface area contributed by atoms with Gasteiger partial charge < -0.3 is 12.9 Å². The van der Waals surface area contributed by atoms with Crippen LogP contribution < -0.4 is 57.1 Å². The van der Waals surface area contributed by atoms with Gasteiger partial charge in [-0.25, -0.2) is 9.89 Å². The first-order valence-corrected chi connectivity index (χ1v) is 4.34. The van der Waals surface area contributed by atoms with E-state index in [4.69, 9.17) is 0 Å². The van der Waals surface area contributed by atoms with Gasteiger partial charge in [-0.3, -0.25) is 4.57 Å². The quantitative estimate of drug-likeness (QED) is 0.481. The van der Waals surface area contributed by atoms with Crippen molar-refractivity contribution in [1.29, 1.82) is 0 Å². The molecule has 0 fully saturated rings. The molecule has 1 rings (SSSR count). The van der Waals surface area contributed by atoms with Crippen LogP contribution in [0.5, 0.6) is 0 Å².